The van der Waals surface area contributed by atoms with Gasteiger partial charge in [-0.25, -0.2) is 0 Å². The van der Waals surface area contributed by atoms with E-state index in [1.54, 1.807) is 0 Å². The van der Waals surface area contributed by atoms with E-state index in [2.05, 4.69) is 24.3 Å². The largest absolute Gasteiger partial charge is 0.334 e. The third kappa shape index (κ3) is 1.09. The second kappa shape index (κ2) is 3.76. The fourth-order valence-electron chi connectivity index (χ4n) is 6.24. The Morgan fingerprint density at radius 3 is 2.36 bits per heavy atom. The van der Waals surface area contributed by atoms with E-state index in [-0.39, 0.29) is 11.8 Å². The van der Waals surface area contributed by atoms with Gasteiger partial charge in [0.1, 0.15) is 10.3 Å². The van der Waals surface area contributed by atoms with Crippen molar-refractivity contribution in [3.05, 3.63) is 30.3 Å². The topological polar surface area (TPSA) is 9.23 Å². The fourth-order valence-corrected chi connectivity index (χ4v) is 10.3. The van der Waals surface area contributed by atoms with E-state index in [9.17, 15) is 0 Å². The Hall–Kier alpha value is 0.690. The lowest BCUT2D eigenvalue weighted by Crippen LogP contribution is -2.67. The summed E-state index contributed by atoms with van der Waals surface area (Å²) >= 11 is 29.2. The van der Waals surface area contributed by atoms with Gasteiger partial charge in [-0.1, -0.05) is 41.4 Å². The molecular weight excluding hydrogens is 382 g/mol. The average molecular weight is 394 g/mol. The summed E-state index contributed by atoms with van der Waals surface area (Å²) in [5, 5.41) is -1.62. The molecule has 6 aliphatic rings. The molecule has 22 heavy (non-hydrogen) atoms. The van der Waals surface area contributed by atoms with Gasteiger partial charge in [-0.15, -0.1) is 35.0 Å². The number of halogens is 4. The zero-order chi connectivity index (χ0) is 15.1. The van der Waals surface area contributed by atoms with Gasteiger partial charge < -0.3 is 4.74 Å². The van der Waals surface area contributed by atoms with Crippen molar-refractivity contribution in [2.75, 3.05) is 0 Å². The Balaban J connectivity index is 1.43. The van der Waals surface area contributed by atoms with Crippen LogP contribution >= 0.6 is 58.2 Å². The molecule has 1 aromatic rings. The Kier molecular flexibility index (Phi) is 2.38. The van der Waals surface area contributed by atoms with Gasteiger partial charge in [-0.05, 0) is 29.9 Å². The molecule has 6 fully saturated rings. The van der Waals surface area contributed by atoms with Gasteiger partial charge in [0, 0.05) is 22.0 Å². The highest BCUT2D eigenvalue weighted by atomic mass is 35.5. The van der Waals surface area contributed by atoms with Crippen molar-refractivity contribution in [1.29, 1.82) is 0 Å². The number of thioether (sulfide) groups is 1. The summed E-state index contributed by atoms with van der Waals surface area (Å²) < 4.78 is 6.06. The second-order valence-electron chi connectivity index (χ2n) is 7.20. The van der Waals surface area contributed by atoms with E-state index in [0.717, 1.165) is 0 Å². The lowest BCUT2D eigenvalue weighted by molar-refractivity contribution is 0.0135. The van der Waals surface area contributed by atoms with E-state index in [0.29, 0.717) is 23.0 Å². The minimum Gasteiger partial charge on any atom is -0.334 e. The van der Waals surface area contributed by atoms with Crippen molar-refractivity contribution in [1.82, 2.24) is 0 Å². The standard InChI is InChI=1S/C16H12Cl4OS/c17-13-14(18)9-7-10-11(16(14,20)21-15(10,13)19)8(9)12(7)22-6-4-2-1-3-5-6/h1-5,7-13H/t7-,8+,9?,10+,11-,12+,13-,14+,15-,16+/m0/s1. The maximum absolute atomic E-state index is 6.97. The minimum atomic E-state index is -0.877. The van der Waals surface area contributed by atoms with Crippen LogP contribution in [0.1, 0.15) is 0 Å². The molecule has 1 unspecified atom stereocenters. The van der Waals surface area contributed by atoms with Crippen molar-refractivity contribution in [2.24, 2.45) is 29.6 Å². The molecule has 0 radical (unpaired) electrons. The molecule has 1 nitrogen and oxygen atoms in total. The number of fused-ring (bicyclic) bond motifs is 1. The molecule has 7 rings (SSSR count). The van der Waals surface area contributed by atoms with Crippen LogP contribution in [0.2, 0.25) is 0 Å². The molecule has 10 atom stereocenters. The maximum atomic E-state index is 6.97. The van der Waals surface area contributed by atoms with Gasteiger partial charge in [-0.3, -0.25) is 0 Å². The Bertz CT molecular complexity index is 691. The first kappa shape index (κ1) is 13.9. The number of alkyl halides is 4. The quantitative estimate of drug-likeness (QED) is 0.669. The predicted molar refractivity (Wildman–Crippen MR) is 90.0 cm³/mol. The van der Waals surface area contributed by atoms with Crippen LogP contribution in [0.3, 0.4) is 0 Å². The molecule has 4 saturated carbocycles. The van der Waals surface area contributed by atoms with Crippen LogP contribution in [0.25, 0.3) is 0 Å². The van der Waals surface area contributed by atoms with E-state index in [1.807, 2.05) is 17.8 Å². The van der Waals surface area contributed by atoms with E-state index in [4.69, 9.17) is 51.1 Å². The van der Waals surface area contributed by atoms with Gasteiger partial charge >= 0.3 is 0 Å². The summed E-state index contributed by atoms with van der Waals surface area (Å²) in [5.41, 5.74) is 0. The molecule has 6 bridgehead atoms. The number of rotatable bonds is 2. The molecule has 0 amide bonds. The molecule has 116 valence electrons. The Morgan fingerprint density at radius 2 is 1.64 bits per heavy atom. The summed E-state index contributed by atoms with van der Waals surface area (Å²) in [6.45, 7) is 0. The van der Waals surface area contributed by atoms with Gasteiger partial charge in [0.25, 0.3) is 0 Å². The van der Waals surface area contributed by atoms with Crippen molar-refractivity contribution in [3.63, 3.8) is 0 Å². The molecule has 0 aromatic heterocycles. The smallest absolute Gasteiger partial charge is 0.168 e. The summed E-state index contributed by atoms with van der Waals surface area (Å²) in [4.78, 5) is 0.590. The molecule has 2 heterocycles. The summed E-state index contributed by atoms with van der Waals surface area (Å²) in [6.07, 6.45) is 0. The predicted octanol–water partition coefficient (Wildman–Crippen LogP) is 4.77. The minimum absolute atomic E-state index is 0.242. The van der Waals surface area contributed by atoms with Crippen LogP contribution < -0.4 is 0 Å². The van der Waals surface area contributed by atoms with Crippen molar-refractivity contribution < 1.29 is 4.74 Å². The van der Waals surface area contributed by atoms with Gasteiger partial charge in [0.15, 0.2) is 10.1 Å². The highest BCUT2D eigenvalue weighted by molar-refractivity contribution is 8.00. The first-order valence-electron chi connectivity index (χ1n) is 7.57. The molecular formula is C16H12Cl4OS. The van der Waals surface area contributed by atoms with Crippen LogP contribution in [-0.4, -0.2) is 25.6 Å². The third-order valence-electron chi connectivity index (χ3n) is 6.73. The maximum Gasteiger partial charge on any atom is 0.168 e. The number of hydrogen-bond donors (Lipinski definition) is 0. The van der Waals surface area contributed by atoms with Crippen LogP contribution in [0.5, 0.6) is 0 Å². The van der Waals surface area contributed by atoms with Crippen molar-refractivity contribution >= 4 is 58.2 Å². The Labute approximate surface area is 153 Å². The molecule has 1 aromatic carbocycles. The fraction of sp³-hybridized carbons (Fsp3) is 0.625. The average Bonchev–Trinajstić information content (AvgIpc) is 3.15. The lowest BCUT2D eigenvalue weighted by atomic mass is 9.58. The number of benzene rings is 1. The molecule has 0 spiro atoms. The van der Waals surface area contributed by atoms with E-state index < -0.39 is 20.4 Å². The van der Waals surface area contributed by atoms with E-state index in [1.165, 1.54) is 4.90 Å². The summed E-state index contributed by atoms with van der Waals surface area (Å²) in [7, 11) is 0. The van der Waals surface area contributed by atoms with Gasteiger partial charge in [0.2, 0.25) is 0 Å². The zero-order valence-corrected chi connectivity index (χ0v) is 15.1. The van der Waals surface area contributed by atoms with Crippen molar-refractivity contribution in [2.45, 2.75) is 30.5 Å². The van der Waals surface area contributed by atoms with Crippen molar-refractivity contribution in [3.8, 4) is 0 Å². The monoisotopic (exact) mass is 392 g/mol. The second-order valence-corrected chi connectivity index (χ2v) is 10.7. The Morgan fingerprint density at radius 1 is 0.955 bits per heavy atom. The lowest BCUT2D eigenvalue weighted by Gasteiger charge is -2.56. The van der Waals surface area contributed by atoms with Crippen LogP contribution in [0.15, 0.2) is 35.2 Å². The molecule has 4 aliphatic carbocycles. The van der Waals surface area contributed by atoms with Crippen LogP contribution in [-0.2, 0) is 4.74 Å². The highest BCUT2D eigenvalue weighted by Gasteiger charge is 2.99. The van der Waals surface area contributed by atoms with Gasteiger partial charge in [-0.2, -0.15) is 0 Å². The SMILES string of the molecule is Cl[C@@H]1[C@@]2(Cl)O[C@]3(Cl)[C@H]4[C@H]5C([C@H]([C@H]5Sc5ccccc5)[C@H]42)[C@@]13Cl. The molecule has 2 aliphatic heterocycles. The zero-order valence-electron chi connectivity index (χ0n) is 11.3. The first-order valence-corrected chi connectivity index (χ1v) is 10.0. The van der Waals surface area contributed by atoms with E-state index >= 15 is 0 Å². The summed E-state index contributed by atoms with van der Waals surface area (Å²) in [6, 6.07) is 10.5. The highest BCUT2D eigenvalue weighted by Crippen LogP contribution is 2.91. The number of hydrogen-bond acceptors (Lipinski definition) is 2. The molecule has 0 N–H and O–H groups in total. The summed E-state index contributed by atoms with van der Waals surface area (Å²) in [5.74, 6) is 1.78. The molecule has 2 saturated heterocycles. The first-order chi connectivity index (χ1) is 10.4. The third-order valence-corrected chi connectivity index (χ3v) is 11.1. The number of ether oxygens (including phenoxy) is 1. The van der Waals surface area contributed by atoms with Crippen LogP contribution in [0, 0.1) is 29.6 Å². The van der Waals surface area contributed by atoms with Gasteiger partial charge in [0.05, 0.1) is 0 Å². The normalized spacial score (nSPS) is 65.4. The van der Waals surface area contributed by atoms with Crippen LogP contribution in [0.4, 0.5) is 0 Å². The molecule has 6 heteroatoms.